The number of hydrogen-bond acceptors (Lipinski definition) is 3. The van der Waals surface area contributed by atoms with Gasteiger partial charge in [0.05, 0.1) is 19.6 Å². The molecule has 2 rings (SSSR count). The number of halogens is 1. The Morgan fingerprint density at radius 2 is 2.05 bits per heavy atom. The summed E-state index contributed by atoms with van der Waals surface area (Å²) in [5.41, 5.74) is -0.174. The van der Waals surface area contributed by atoms with Crippen LogP contribution in [0, 0.1) is 5.82 Å². The quantitative estimate of drug-likeness (QED) is 0.871. The van der Waals surface area contributed by atoms with E-state index < -0.39 is 17.2 Å². The average Bonchev–Trinajstić information content (AvgIpc) is 3.08. The van der Waals surface area contributed by atoms with Crippen LogP contribution in [0.25, 0.3) is 0 Å². The van der Waals surface area contributed by atoms with Crippen LogP contribution in [-0.2, 0) is 10.2 Å². The lowest BCUT2D eigenvalue weighted by Gasteiger charge is -2.19. The molecule has 0 heterocycles. The number of carboxylic acids is 1. The van der Waals surface area contributed by atoms with Crippen molar-refractivity contribution >= 4 is 5.97 Å². The highest BCUT2D eigenvalue weighted by Crippen LogP contribution is 2.53. The lowest BCUT2D eigenvalue weighted by Crippen LogP contribution is -2.15. The monoisotopic (exact) mass is 282 g/mol. The third kappa shape index (κ3) is 2.86. The molecule has 0 radical (unpaired) electrons. The van der Waals surface area contributed by atoms with Crippen LogP contribution in [0.3, 0.4) is 0 Å². The molecule has 0 aromatic heterocycles. The first-order valence-corrected chi connectivity index (χ1v) is 6.64. The van der Waals surface area contributed by atoms with E-state index >= 15 is 0 Å². The minimum absolute atomic E-state index is 0.0581. The zero-order valence-corrected chi connectivity index (χ0v) is 11.9. The molecule has 1 aliphatic rings. The van der Waals surface area contributed by atoms with Crippen molar-refractivity contribution in [2.45, 2.75) is 44.6 Å². The Morgan fingerprint density at radius 1 is 1.40 bits per heavy atom. The smallest absolute Gasteiger partial charge is 0.304 e. The summed E-state index contributed by atoms with van der Waals surface area (Å²) in [6.07, 6.45) is 1.22. The number of carbonyl (C=O) groups is 1. The van der Waals surface area contributed by atoms with E-state index in [-0.39, 0.29) is 12.5 Å². The topological polar surface area (TPSA) is 55.8 Å². The van der Waals surface area contributed by atoms with Crippen LogP contribution in [-0.4, -0.2) is 24.3 Å². The molecular weight excluding hydrogens is 263 g/mol. The van der Waals surface area contributed by atoms with Crippen LogP contribution >= 0.6 is 0 Å². The molecule has 110 valence electrons. The van der Waals surface area contributed by atoms with Gasteiger partial charge < -0.3 is 14.6 Å². The predicted molar refractivity (Wildman–Crippen MR) is 71.9 cm³/mol. The Bertz CT molecular complexity index is 521. The number of carboxylic acid groups (broad SMARTS) is 1. The zero-order chi connectivity index (χ0) is 14.9. The molecule has 0 saturated heterocycles. The van der Waals surface area contributed by atoms with E-state index in [0.29, 0.717) is 29.9 Å². The molecule has 1 fully saturated rings. The SMILES string of the molecule is COc1cc(C2(CC(=O)O)CC2)c(F)cc1OC(C)C. The summed E-state index contributed by atoms with van der Waals surface area (Å²) in [5, 5.41) is 8.96. The van der Waals surface area contributed by atoms with Gasteiger partial charge >= 0.3 is 5.97 Å². The number of benzene rings is 1. The summed E-state index contributed by atoms with van der Waals surface area (Å²) < 4.78 is 25.0. The summed E-state index contributed by atoms with van der Waals surface area (Å²) in [4.78, 5) is 10.9. The molecule has 0 bridgehead atoms. The summed E-state index contributed by atoms with van der Waals surface area (Å²) in [6, 6.07) is 2.86. The summed E-state index contributed by atoms with van der Waals surface area (Å²) in [6.45, 7) is 3.69. The first-order chi connectivity index (χ1) is 9.38. The van der Waals surface area contributed by atoms with Crippen LogP contribution in [0.5, 0.6) is 11.5 Å². The average molecular weight is 282 g/mol. The Kier molecular flexibility index (Phi) is 3.88. The first kappa shape index (κ1) is 14.6. The number of hydrogen-bond donors (Lipinski definition) is 1. The highest BCUT2D eigenvalue weighted by molar-refractivity contribution is 5.70. The van der Waals surface area contributed by atoms with Gasteiger partial charge in [-0.25, -0.2) is 4.39 Å². The van der Waals surface area contributed by atoms with E-state index in [9.17, 15) is 9.18 Å². The molecule has 4 nitrogen and oxygen atoms in total. The number of ether oxygens (including phenoxy) is 2. The van der Waals surface area contributed by atoms with Gasteiger partial charge in [0.25, 0.3) is 0 Å². The molecule has 1 aromatic carbocycles. The second kappa shape index (κ2) is 5.31. The number of aliphatic carboxylic acids is 1. The predicted octanol–water partition coefficient (Wildman–Crippen LogP) is 3.13. The van der Waals surface area contributed by atoms with E-state index in [2.05, 4.69) is 0 Å². The second-order valence-corrected chi connectivity index (χ2v) is 5.50. The molecule has 20 heavy (non-hydrogen) atoms. The highest BCUT2D eigenvalue weighted by atomic mass is 19.1. The molecule has 1 N–H and O–H groups in total. The second-order valence-electron chi connectivity index (χ2n) is 5.50. The fraction of sp³-hybridized carbons (Fsp3) is 0.533. The van der Waals surface area contributed by atoms with Gasteiger partial charge in [0, 0.05) is 11.5 Å². The van der Waals surface area contributed by atoms with Crippen LogP contribution in [0.2, 0.25) is 0 Å². The fourth-order valence-electron chi connectivity index (χ4n) is 2.43. The van der Waals surface area contributed by atoms with Crippen molar-refractivity contribution in [3.05, 3.63) is 23.5 Å². The van der Waals surface area contributed by atoms with Crippen molar-refractivity contribution in [1.82, 2.24) is 0 Å². The fourth-order valence-corrected chi connectivity index (χ4v) is 2.43. The maximum atomic E-state index is 14.3. The van der Waals surface area contributed by atoms with Gasteiger partial charge in [-0.1, -0.05) is 0 Å². The summed E-state index contributed by atoms with van der Waals surface area (Å²) in [5.74, 6) is -0.565. The van der Waals surface area contributed by atoms with Gasteiger partial charge in [-0.2, -0.15) is 0 Å². The Hall–Kier alpha value is -1.78. The Morgan fingerprint density at radius 3 is 2.50 bits per heavy atom. The van der Waals surface area contributed by atoms with Gasteiger partial charge in [0.15, 0.2) is 11.5 Å². The highest BCUT2D eigenvalue weighted by Gasteiger charge is 2.48. The molecule has 1 aromatic rings. The van der Waals surface area contributed by atoms with Gasteiger partial charge in [-0.05, 0) is 38.3 Å². The van der Waals surface area contributed by atoms with Gasteiger partial charge in [-0.3, -0.25) is 4.79 Å². The normalized spacial score (nSPS) is 16.1. The van der Waals surface area contributed by atoms with E-state index in [1.165, 1.54) is 13.2 Å². The van der Waals surface area contributed by atoms with E-state index in [1.807, 2.05) is 13.8 Å². The van der Waals surface area contributed by atoms with Crippen molar-refractivity contribution in [3.63, 3.8) is 0 Å². The Balaban J connectivity index is 2.38. The van der Waals surface area contributed by atoms with Crippen LogP contribution < -0.4 is 9.47 Å². The third-order valence-electron chi connectivity index (χ3n) is 3.53. The molecule has 0 aliphatic heterocycles. The summed E-state index contributed by atoms with van der Waals surface area (Å²) in [7, 11) is 1.49. The minimum atomic E-state index is -0.914. The lowest BCUT2D eigenvalue weighted by atomic mass is 9.91. The standard InChI is InChI=1S/C15H19FO4/c1-9(2)20-13-7-11(16)10(6-12(13)19-3)15(4-5-15)8-14(17)18/h6-7,9H,4-5,8H2,1-3H3,(H,17,18). The molecule has 0 spiro atoms. The lowest BCUT2D eigenvalue weighted by molar-refractivity contribution is -0.137. The van der Waals surface area contributed by atoms with Crippen molar-refractivity contribution in [2.24, 2.45) is 0 Å². The van der Waals surface area contributed by atoms with Gasteiger partial charge in [0.2, 0.25) is 0 Å². The third-order valence-corrected chi connectivity index (χ3v) is 3.53. The van der Waals surface area contributed by atoms with Gasteiger partial charge in [0.1, 0.15) is 5.82 Å². The van der Waals surface area contributed by atoms with Crippen molar-refractivity contribution < 1.29 is 23.8 Å². The molecular formula is C15H19FO4. The minimum Gasteiger partial charge on any atom is -0.493 e. The Labute approximate surface area is 117 Å². The van der Waals surface area contributed by atoms with Crippen molar-refractivity contribution in [2.75, 3.05) is 7.11 Å². The van der Waals surface area contributed by atoms with Crippen LogP contribution in [0.15, 0.2) is 12.1 Å². The molecule has 1 aliphatic carbocycles. The molecule has 0 atom stereocenters. The largest absolute Gasteiger partial charge is 0.493 e. The van der Waals surface area contributed by atoms with E-state index in [0.717, 1.165) is 0 Å². The maximum absolute atomic E-state index is 14.3. The van der Waals surface area contributed by atoms with Crippen LogP contribution in [0.4, 0.5) is 4.39 Å². The first-order valence-electron chi connectivity index (χ1n) is 6.64. The molecule has 0 unspecified atom stereocenters. The van der Waals surface area contributed by atoms with E-state index in [1.54, 1.807) is 6.07 Å². The van der Waals surface area contributed by atoms with E-state index in [4.69, 9.17) is 14.6 Å². The molecule has 5 heteroatoms. The number of methoxy groups -OCH3 is 1. The molecule has 0 amide bonds. The van der Waals surface area contributed by atoms with Crippen LogP contribution in [0.1, 0.15) is 38.7 Å². The van der Waals surface area contributed by atoms with Crippen molar-refractivity contribution in [3.8, 4) is 11.5 Å². The summed E-state index contributed by atoms with van der Waals surface area (Å²) >= 11 is 0. The number of rotatable bonds is 6. The maximum Gasteiger partial charge on any atom is 0.304 e. The molecule has 1 saturated carbocycles. The van der Waals surface area contributed by atoms with Gasteiger partial charge in [-0.15, -0.1) is 0 Å². The zero-order valence-electron chi connectivity index (χ0n) is 11.9. The van der Waals surface area contributed by atoms with Crippen molar-refractivity contribution in [1.29, 1.82) is 0 Å².